The van der Waals surface area contributed by atoms with E-state index in [-0.39, 0.29) is 0 Å². The molecule has 0 aliphatic carbocycles. The molecule has 0 saturated heterocycles. The first-order chi connectivity index (χ1) is 14.9. The topological polar surface area (TPSA) is 103 Å². The predicted octanol–water partition coefficient (Wildman–Crippen LogP) is 4.99. The molecule has 0 bridgehead atoms. The van der Waals surface area contributed by atoms with Crippen molar-refractivity contribution in [1.29, 1.82) is 10.5 Å². The number of nitriles is 2. The molecule has 4 heterocycles. The highest BCUT2D eigenvalue weighted by molar-refractivity contribution is 7.14. The average molecular weight is 429 g/mol. The van der Waals surface area contributed by atoms with E-state index in [1.54, 1.807) is 30.7 Å². The number of allylic oxidation sites excluding steroid dienone is 1. The number of aromatic nitrogens is 4. The minimum Gasteiger partial charge on any atom is -0.481 e. The molecule has 0 fully saturated rings. The van der Waals surface area contributed by atoms with Gasteiger partial charge in [-0.1, -0.05) is 0 Å². The number of thiophene rings is 1. The molecule has 8 heteroatoms. The lowest BCUT2D eigenvalue weighted by molar-refractivity contribution is 0.398. The van der Waals surface area contributed by atoms with Crippen molar-refractivity contribution in [2.45, 2.75) is 27.7 Å². The summed E-state index contributed by atoms with van der Waals surface area (Å²) in [7, 11) is 1.55. The van der Waals surface area contributed by atoms with Gasteiger partial charge in [0.15, 0.2) is 0 Å². The van der Waals surface area contributed by atoms with E-state index in [2.05, 4.69) is 31.7 Å². The third-order valence-corrected chi connectivity index (χ3v) is 6.57. The van der Waals surface area contributed by atoms with E-state index in [0.717, 1.165) is 37.9 Å². The number of fused-ring (bicyclic) bond motifs is 1. The van der Waals surface area contributed by atoms with Crippen LogP contribution >= 0.6 is 11.3 Å². The SMILES string of the molecule is COc1cc2nc(/C(C#N)=C/c3cc(C)n(-c4sc(C)c(C)c4C#N)c3C)[nH]c2cn1. The Morgan fingerprint density at radius 2 is 2.00 bits per heavy atom. The van der Waals surface area contributed by atoms with Crippen LogP contribution in [-0.2, 0) is 0 Å². The molecule has 154 valence electrons. The van der Waals surface area contributed by atoms with E-state index in [0.29, 0.717) is 28.4 Å². The first kappa shape index (κ1) is 20.4. The number of pyridine rings is 1. The largest absolute Gasteiger partial charge is 0.481 e. The first-order valence-corrected chi connectivity index (χ1v) is 10.4. The highest BCUT2D eigenvalue weighted by Crippen LogP contribution is 2.34. The molecule has 0 saturated carbocycles. The second-order valence-electron chi connectivity index (χ2n) is 7.24. The molecule has 0 spiro atoms. The van der Waals surface area contributed by atoms with Gasteiger partial charge in [-0.3, -0.25) is 0 Å². The van der Waals surface area contributed by atoms with E-state index in [1.807, 2.05) is 39.8 Å². The van der Waals surface area contributed by atoms with Gasteiger partial charge in [-0.05, 0) is 51.0 Å². The summed E-state index contributed by atoms with van der Waals surface area (Å²) >= 11 is 1.61. The number of ether oxygens (including phenoxy) is 1. The highest BCUT2D eigenvalue weighted by atomic mass is 32.1. The zero-order valence-corrected chi connectivity index (χ0v) is 18.7. The van der Waals surface area contributed by atoms with E-state index in [4.69, 9.17) is 4.74 Å². The van der Waals surface area contributed by atoms with Crippen LogP contribution in [0.2, 0.25) is 0 Å². The molecule has 0 aliphatic rings. The fourth-order valence-corrected chi connectivity index (χ4v) is 4.80. The fraction of sp³-hybridized carbons (Fsp3) is 0.217. The van der Waals surface area contributed by atoms with Gasteiger partial charge in [0, 0.05) is 22.3 Å². The van der Waals surface area contributed by atoms with Crippen LogP contribution in [-0.4, -0.2) is 26.6 Å². The van der Waals surface area contributed by atoms with Gasteiger partial charge in [0.05, 0.1) is 35.5 Å². The Labute approximate surface area is 183 Å². The number of methoxy groups -OCH3 is 1. The first-order valence-electron chi connectivity index (χ1n) is 9.59. The van der Waals surface area contributed by atoms with Gasteiger partial charge in [0.2, 0.25) is 5.88 Å². The summed E-state index contributed by atoms with van der Waals surface area (Å²) in [5.41, 5.74) is 6.38. The van der Waals surface area contributed by atoms with Crippen molar-refractivity contribution in [2.75, 3.05) is 7.11 Å². The Bertz CT molecular complexity index is 1440. The third-order valence-electron chi connectivity index (χ3n) is 5.38. The van der Waals surface area contributed by atoms with Crippen molar-refractivity contribution in [3.05, 3.63) is 57.1 Å². The summed E-state index contributed by atoms with van der Waals surface area (Å²) < 4.78 is 7.23. The quantitative estimate of drug-likeness (QED) is 0.461. The van der Waals surface area contributed by atoms with Crippen LogP contribution in [0.15, 0.2) is 18.3 Å². The summed E-state index contributed by atoms with van der Waals surface area (Å²) in [6, 6.07) is 8.33. The van der Waals surface area contributed by atoms with Crippen molar-refractivity contribution in [2.24, 2.45) is 0 Å². The van der Waals surface area contributed by atoms with Crippen LogP contribution in [0.4, 0.5) is 0 Å². The lowest BCUT2D eigenvalue weighted by Crippen LogP contribution is -1.99. The minimum atomic E-state index is 0.412. The molecule has 7 nitrogen and oxygen atoms in total. The van der Waals surface area contributed by atoms with Crippen LogP contribution in [0.3, 0.4) is 0 Å². The Kier molecular flexibility index (Phi) is 5.10. The van der Waals surface area contributed by atoms with Gasteiger partial charge in [0.1, 0.15) is 23.0 Å². The molecule has 0 unspecified atom stereocenters. The smallest absolute Gasteiger partial charge is 0.215 e. The van der Waals surface area contributed by atoms with Crippen LogP contribution < -0.4 is 4.74 Å². The monoisotopic (exact) mass is 428 g/mol. The second-order valence-corrected chi connectivity index (χ2v) is 8.44. The maximum atomic E-state index is 9.81. The molecule has 0 aromatic carbocycles. The van der Waals surface area contributed by atoms with Crippen molar-refractivity contribution in [1.82, 2.24) is 19.5 Å². The van der Waals surface area contributed by atoms with Gasteiger partial charge in [-0.15, -0.1) is 11.3 Å². The Morgan fingerprint density at radius 3 is 2.68 bits per heavy atom. The van der Waals surface area contributed by atoms with Crippen LogP contribution in [0, 0.1) is 50.4 Å². The molecular weight excluding hydrogens is 408 g/mol. The van der Waals surface area contributed by atoms with Crippen LogP contribution in [0.1, 0.15) is 38.8 Å². The Morgan fingerprint density at radius 1 is 1.23 bits per heavy atom. The Hall–Kier alpha value is -3.88. The standard InChI is InChI=1S/C23H20N6OS/c1-12-6-16(14(3)29(12)23-18(10-25)13(2)15(4)31-23)7-17(9-24)22-27-19-8-21(30-5)26-11-20(19)28-22/h6-8,11H,1-5H3,(H,27,28)/b17-7+. The maximum absolute atomic E-state index is 9.81. The molecule has 0 amide bonds. The molecule has 4 rings (SSSR count). The number of H-pyrrole nitrogens is 1. The highest BCUT2D eigenvalue weighted by Gasteiger charge is 2.19. The Balaban J connectivity index is 1.82. The van der Waals surface area contributed by atoms with E-state index < -0.39 is 0 Å². The number of hydrogen-bond donors (Lipinski definition) is 1. The van der Waals surface area contributed by atoms with E-state index in [9.17, 15) is 10.5 Å². The van der Waals surface area contributed by atoms with Gasteiger partial charge >= 0.3 is 0 Å². The van der Waals surface area contributed by atoms with Crippen LogP contribution in [0.5, 0.6) is 5.88 Å². The molecule has 4 aromatic heterocycles. The number of nitrogens with one attached hydrogen (secondary N) is 1. The predicted molar refractivity (Wildman–Crippen MR) is 121 cm³/mol. The van der Waals surface area contributed by atoms with Gasteiger partial charge in [-0.2, -0.15) is 10.5 Å². The summed E-state index contributed by atoms with van der Waals surface area (Å²) in [4.78, 5) is 13.0. The molecule has 1 N–H and O–H groups in total. The summed E-state index contributed by atoms with van der Waals surface area (Å²) in [5.74, 6) is 0.935. The van der Waals surface area contributed by atoms with Crippen molar-refractivity contribution < 1.29 is 4.74 Å². The number of imidazole rings is 1. The van der Waals surface area contributed by atoms with Crippen molar-refractivity contribution >= 4 is 34.0 Å². The van der Waals surface area contributed by atoms with Crippen molar-refractivity contribution in [3.63, 3.8) is 0 Å². The van der Waals surface area contributed by atoms with E-state index in [1.165, 1.54) is 0 Å². The molecule has 0 aliphatic heterocycles. The normalized spacial score (nSPS) is 11.5. The number of nitrogens with zero attached hydrogens (tertiary/aromatic N) is 5. The maximum Gasteiger partial charge on any atom is 0.215 e. The number of hydrogen-bond acceptors (Lipinski definition) is 6. The van der Waals surface area contributed by atoms with Gasteiger partial charge in [-0.25, -0.2) is 9.97 Å². The molecule has 4 aromatic rings. The summed E-state index contributed by atoms with van der Waals surface area (Å²) in [6.07, 6.45) is 3.46. The number of rotatable bonds is 4. The summed E-state index contributed by atoms with van der Waals surface area (Å²) in [5, 5.41) is 20.4. The number of aryl methyl sites for hydroxylation is 2. The second kappa shape index (κ2) is 7.75. The van der Waals surface area contributed by atoms with Gasteiger partial charge in [0.25, 0.3) is 0 Å². The lowest BCUT2D eigenvalue weighted by Gasteiger charge is -2.07. The lowest BCUT2D eigenvalue weighted by atomic mass is 10.1. The molecular formula is C23H20N6OS. The average Bonchev–Trinajstić information content (AvgIpc) is 3.39. The fourth-order valence-electron chi connectivity index (χ4n) is 3.58. The summed E-state index contributed by atoms with van der Waals surface area (Å²) in [6.45, 7) is 7.99. The molecule has 31 heavy (non-hydrogen) atoms. The van der Waals surface area contributed by atoms with E-state index >= 15 is 0 Å². The molecule has 0 radical (unpaired) electrons. The van der Waals surface area contributed by atoms with Crippen LogP contribution in [0.25, 0.3) is 27.7 Å². The zero-order valence-electron chi connectivity index (χ0n) is 17.9. The minimum absolute atomic E-state index is 0.412. The van der Waals surface area contributed by atoms with Gasteiger partial charge < -0.3 is 14.3 Å². The molecule has 0 atom stereocenters. The number of aromatic amines is 1. The zero-order chi connectivity index (χ0) is 22.3. The third kappa shape index (κ3) is 3.37. The van der Waals surface area contributed by atoms with Crippen molar-refractivity contribution in [3.8, 4) is 23.0 Å².